The van der Waals surface area contributed by atoms with Crippen molar-refractivity contribution in [3.63, 3.8) is 0 Å². The van der Waals surface area contributed by atoms with Crippen molar-refractivity contribution in [2.45, 2.75) is 13.8 Å². The van der Waals surface area contributed by atoms with Crippen LogP contribution in [0, 0.1) is 19.7 Å². The minimum Gasteiger partial charge on any atom is -0.368 e. The van der Waals surface area contributed by atoms with Crippen molar-refractivity contribution in [1.82, 2.24) is 4.90 Å². The molecule has 1 amide bonds. The number of piperazine rings is 1. The highest BCUT2D eigenvalue weighted by Crippen LogP contribution is 2.23. The molecule has 0 saturated carbocycles. The van der Waals surface area contributed by atoms with Crippen molar-refractivity contribution in [3.8, 4) is 0 Å². The number of anilines is 1. The lowest BCUT2D eigenvalue weighted by molar-refractivity contribution is 0.0746. The van der Waals surface area contributed by atoms with E-state index >= 15 is 0 Å². The van der Waals surface area contributed by atoms with Crippen LogP contribution in [0.15, 0.2) is 42.5 Å². The molecule has 1 saturated heterocycles. The maximum atomic E-state index is 13.3. The number of hydrogen-bond donors (Lipinski definition) is 0. The third kappa shape index (κ3) is 3.36. The summed E-state index contributed by atoms with van der Waals surface area (Å²) in [5.41, 5.74) is 4.17. The summed E-state index contributed by atoms with van der Waals surface area (Å²) in [5.74, 6) is -0.463. The number of aryl methyl sites for hydroxylation is 2. The molecule has 2 aromatic rings. The van der Waals surface area contributed by atoms with Gasteiger partial charge < -0.3 is 9.80 Å². The van der Waals surface area contributed by atoms with Crippen LogP contribution in [-0.4, -0.2) is 37.0 Å². The summed E-state index contributed by atoms with van der Waals surface area (Å²) in [4.78, 5) is 16.6. The first-order chi connectivity index (χ1) is 11.0. The molecule has 4 heteroatoms. The van der Waals surface area contributed by atoms with Gasteiger partial charge >= 0.3 is 0 Å². The minimum absolute atomic E-state index is 0.0928. The Labute approximate surface area is 136 Å². The predicted molar refractivity (Wildman–Crippen MR) is 90.4 cm³/mol. The summed E-state index contributed by atoms with van der Waals surface area (Å²) in [6.45, 7) is 7.11. The highest BCUT2D eigenvalue weighted by Gasteiger charge is 2.23. The first-order valence-electron chi connectivity index (χ1n) is 7.91. The molecule has 1 fully saturated rings. The van der Waals surface area contributed by atoms with E-state index in [4.69, 9.17) is 0 Å². The fourth-order valence-corrected chi connectivity index (χ4v) is 3.11. The third-order valence-corrected chi connectivity index (χ3v) is 4.33. The largest absolute Gasteiger partial charge is 0.368 e. The number of hydrogen-bond acceptors (Lipinski definition) is 2. The predicted octanol–water partition coefficient (Wildman–Crippen LogP) is 3.40. The van der Waals surface area contributed by atoms with Gasteiger partial charge in [0.2, 0.25) is 0 Å². The van der Waals surface area contributed by atoms with Crippen molar-refractivity contribution in [1.29, 1.82) is 0 Å². The number of rotatable bonds is 2. The zero-order valence-electron chi connectivity index (χ0n) is 13.6. The number of carbonyl (C=O) groups is 1. The van der Waals surface area contributed by atoms with E-state index in [0.717, 1.165) is 13.1 Å². The smallest absolute Gasteiger partial charge is 0.254 e. The second-order valence-electron chi connectivity index (χ2n) is 6.08. The topological polar surface area (TPSA) is 23.6 Å². The molecule has 0 aliphatic carbocycles. The standard InChI is InChI=1S/C19H21FN2O/c1-14-6-7-18(15(2)12-14)21-8-10-22(11-9-21)19(23)16-4-3-5-17(20)13-16/h3-7,12-13H,8-11H2,1-2H3. The van der Waals surface area contributed by atoms with Gasteiger partial charge in [-0.3, -0.25) is 4.79 Å². The Balaban J connectivity index is 1.67. The zero-order valence-corrected chi connectivity index (χ0v) is 13.6. The molecule has 0 bridgehead atoms. The summed E-state index contributed by atoms with van der Waals surface area (Å²) in [6, 6.07) is 12.4. The van der Waals surface area contributed by atoms with E-state index in [1.165, 1.54) is 28.9 Å². The zero-order chi connectivity index (χ0) is 16.4. The summed E-state index contributed by atoms with van der Waals surface area (Å²) < 4.78 is 13.3. The quantitative estimate of drug-likeness (QED) is 0.848. The molecule has 3 nitrogen and oxygen atoms in total. The molecule has 0 radical (unpaired) electrons. The highest BCUT2D eigenvalue weighted by molar-refractivity contribution is 5.94. The second kappa shape index (κ2) is 6.41. The van der Waals surface area contributed by atoms with Crippen molar-refractivity contribution < 1.29 is 9.18 Å². The molecule has 0 aromatic heterocycles. The summed E-state index contributed by atoms with van der Waals surface area (Å²) >= 11 is 0. The van der Waals surface area contributed by atoms with E-state index in [9.17, 15) is 9.18 Å². The molecule has 3 rings (SSSR count). The van der Waals surface area contributed by atoms with E-state index in [-0.39, 0.29) is 11.7 Å². The van der Waals surface area contributed by atoms with Gasteiger partial charge in [-0.15, -0.1) is 0 Å². The summed E-state index contributed by atoms with van der Waals surface area (Å²) in [7, 11) is 0. The van der Waals surface area contributed by atoms with Gasteiger partial charge in [0.15, 0.2) is 0 Å². The number of benzene rings is 2. The lowest BCUT2D eigenvalue weighted by atomic mass is 10.1. The van der Waals surface area contributed by atoms with Crippen molar-refractivity contribution in [2.75, 3.05) is 31.1 Å². The first-order valence-corrected chi connectivity index (χ1v) is 7.91. The van der Waals surface area contributed by atoms with Crippen LogP contribution in [0.3, 0.4) is 0 Å². The van der Waals surface area contributed by atoms with E-state index in [1.54, 1.807) is 17.0 Å². The molecule has 23 heavy (non-hydrogen) atoms. The molecule has 0 unspecified atom stereocenters. The molecular formula is C19H21FN2O. The third-order valence-electron chi connectivity index (χ3n) is 4.33. The molecule has 2 aromatic carbocycles. The Hall–Kier alpha value is -2.36. The molecule has 1 heterocycles. The maximum absolute atomic E-state index is 13.3. The maximum Gasteiger partial charge on any atom is 0.254 e. The van der Waals surface area contributed by atoms with Gasteiger partial charge in [-0.2, -0.15) is 0 Å². The summed E-state index contributed by atoms with van der Waals surface area (Å²) in [6.07, 6.45) is 0. The van der Waals surface area contributed by atoms with Crippen LogP contribution >= 0.6 is 0 Å². The molecule has 0 atom stereocenters. The Bertz CT molecular complexity index is 721. The van der Waals surface area contributed by atoms with E-state index in [1.807, 2.05) is 0 Å². The molecular weight excluding hydrogens is 291 g/mol. The normalized spacial score (nSPS) is 14.9. The number of nitrogens with zero attached hydrogens (tertiary/aromatic N) is 2. The fraction of sp³-hybridized carbons (Fsp3) is 0.316. The van der Waals surface area contributed by atoms with Crippen molar-refractivity contribution in [3.05, 3.63) is 65.0 Å². The monoisotopic (exact) mass is 312 g/mol. The van der Waals surface area contributed by atoms with Gasteiger partial charge in [0.05, 0.1) is 0 Å². The van der Waals surface area contributed by atoms with E-state index in [0.29, 0.717) is 18.7 Å². The van der Waals surface area contributed by atoms with Crippen LogP contribution in [-0.2, 0) is 0 Å². The molecule has 0 spiro atoms. The van der Waals surface area contributed by atoms with Gasteiger partial charge in [-0.1, -0.05) is 23.8 Å². The SMILES string of the molecule is Cc1ccc(N2CCN(C(=O)c3cccc(F)c3)CC2)c(C)c1. The second-order valence-corrected chi connectivity index (χ2v) is 6.08. The number of carbonyl (C=O) groups excluding carboxylic acids is 1. The minimum atomic E-state index is -0.371. The van der Waals surface area contributed by atoms with Gasteiger partial charge in [0.25, 0.3) is 5.91 Å². The van der Waals surface area contributed by atoms with Gasteiger partial charge in [-0.25, -0.2) is 4.39 Å². The van der Waals surface area contributed by atoms with Crippen LogP contribution in [0.4, 0.5) is 10.1 Å². The summed E-state index contributed by atoms with van der Waals surface area (Å²) in [5, 5.41) is 0. The number of halogens is 1. The Morgan fingerprint density at radius 1 is 1.00 bits per heavy atom. The van der Waals surface area contributed by atoms with Gasteiger partial charge in [-0.05, 0) is 43.7 Å². The van der Waals surface area contributed by atoms with Crippen molar-refractivity contribution in [2.24, 2.45) is 0 Å². The van der Waals surface area contributed by atoms with Crippen molar-refractivity contribution >= 4 is 11.6 Å². The molecule has 1 aliphatic rings. The number of amides is 1. The average molecular weight is 312 g/mol. The molecule has 120 valence electrons. The lowest BCUT2D eigenvalue weighted by Crippen LogP contribution is -2.49. The Morgan fingerprint density at radius 3 is 2.39 bits per heavy atom. The van der Waals surface area contributed by atoms with Gasteiger partial charge in [0.1, 0.15) is 5.82 Å². The van der Waals surface area contributed by atoms with Crippen LogP contribution in [0.25, 0.3) is 0 Å². The first kappa shape index (κ1) is 15.5. The van der Waals surface area contributed by atoms with E-state index < -0.39 is 0 Å². The lowest BCUT2D eigenvalue weighted by Gasteiger charge is -2.37. The van der Waals surface area contributed by atoms with Crippen LogP contribution < -0.4 is 4.90 Å². The van der Waals surface area contributed by atoms with Crippen LogP contribution in [0.5, 0.6) is 0 Å². The average Bonchev–Trinajstić information content (AvgIpc) is 2.54. The van der Waals surface area contributed by atoms with Crippen LogP contribution in [0.1, 0.15) is 21.5 Å². The van der Waals surface area contributed by atoms with Crippen LogP contribution in [0.2, 0.25) is 0 Å². The van der Waals surface area contributed by atoms with Gasteiger partial charge in [0, 0.05) is 37.4 Å². The Kier molecular flexibility index (Phi) is 4.33. The molecule has 0 N–H and O–H groups in total. The molecule has 1 aliphatic heterocycles. The van der Waals surface area contributed by atoms with E-state index in [2.05, 4.69) is 36.9 Å². The highest BCUT2D eigenvalue weighted by atomic mass is 19.1. The fourth-order valence-electron chi connectivity index (χ4n) is 3.11. The Morgan fingerprint density at radius 2 is 1.74 bits per heavy atom.